The number of hydrogen-bond donors (Lipinski definition) is 4. The SMILES string of the molecule is CC(C)(OCCC(c1cccc(Br)c1)n1nccc1-c1cc(Oc2c(F)cc3[nH]ccc3c2CC(=C/N)/C=N/PI)ccc1F)C(O)CO. The summed E-state index contributed by atoms with van der Waals surface area (Å²) in [6, 6.07) is 16.5. The van der Waals surface area contributed by atoms with Crippen molar-refractivity contribution >= 4 is 61.5 Å². The standard InChI is InChI=1S/C35H36BrF2IN5O4P/c1-35(2,33(46)20-45)47-13-10-31(22-4-3-5-23(36)15-22)44-32(9-12-42-44)27-16-24(6-7-28(27)37)48-34-26(14-21(18-40)19-43-49-39)25-8-11-41-30(25)17-29(34)38/h3-9,11-12,15-19,31,33,41,45-46,49H,10,13-14,20,40H2,1-2H3/b21-18-,43-19+. The molecule has 0 aliphatic rings. The first-order valence-electron chi connectivity index (χ1n) is 15.3. The Kier molecular flexibility index (Phi) is 12.6. The van der Waals surface area contributed by atoms with Gasteiger partial charge >= 0.3 is 0 Å². The first kappa shape index (κ1) is 37.1. The van der Waals surface area contributed by atoms with Crippen LogP contribution < -0.4 is 10.5 Å². The van der Waals surface area contributed by atoms with Crippen LogP contribution in [0, 0.1) is 11.6 Å². The molecule has 5 rings (SSSR count). The summed E-state index contributed by atoms with van der Waals surface area (Å²) in [5.41, 5.74) is 8.30. The smallest absolute Gasteiger partial charge is 0.168 e. The first-order chi connectivity index (χ1) is 23.6. The fourth-order valence-electron chi connectivity index (χ4n) is 5.52. The Morgan fingerprint density at radius 1 is 1.18 bits per heavy atom. The van der Waals surface area contributed by atoms with E-state index in [1.807, 2.05) is 30.3 Å². The molecular weight excluding hydrogens is 830 g/mol. The summed E-state index contributed by atoms with van der Waals surface area (Å²) in [6.07, 6.45) is 6.31. The molecule has 9 nitrogen and oxygen atoms in total. The van der Waals surface area contributed by atoms with Crippen LogP contribution in [0.5, 0.6) is 11.5 Å². The van der Waals surface area contributed by atoms with Crippen molar-refractivity contribution in [2.24, 2.45) is 10.5 Å². The zero-order valence-electron chi connectivity index (χ0n) is 26.7. The highest BCUT2D eigenvalue weighted by Gasteiger charge is 2.29. The van der Waals surface area contributed by atoms with Crippen molar-refractivity contribution in [1.82, 2.24) is 14.8 Å². The maximum absolute atomic E-state index is 15.7. The van der Waals surface area contributed by atoms with E-state index in [2.05, 4.69) is 52.8 Å². The number of aliphatic hydroxyl groups excluding tert-OH is 2. The number of nitrogens with two attached hydrogens (primary N) is 1. The van der Waals surface area contributed by atoms with Crippen LogP contribution in [0.1, 0.15) is 37.4 Å². The third-order valence-electron chi connectivity index (χ3n) is 8.21. The summed E-state index contributed by atoms with van der Waals surface area (Å²) in [5, 5.41) is 25.0. The summed E-state index contributed by atoms with van der Waals surface area (Å²) in [5.74, 6) is -0.882. The Morgan fingerprint density at radius 3 is 2.73 bits per heavy atom. The van der Waals surface area contributed by atoms with E-state index in [4.69, 9.17) is 15.2 Å². The number of ether oxygens (including phenoxy) is 2. The van der Waals surface area contributed by atoms with Gasteiger partial charge in [0.2, 0.25) is 0 Å². The van der Waals surface area contributed by atoms with Gasteiger partial charge in [0.15, 0.2) is 11.6 Å². The first-order valence-corrected chi connectivity index (χ1v) is 20.2. The van der Waals surface area contributed by atoms with Gasteiger partial charge in [-0.3, -0.25) is 9.44 Å². The van der Waals surface area contributed by atoms with Crippen molar-refractivity contribution in [1.29, 1.82) is 0 Å². The lowest BCUT2D eigenvalue weighted by atomic mass is 10.0. The van der Waals surface area contributed by atoms with Gasteiger partial charge in [-0.2, -0.15) is 5.10 Å². The second-order valence-electron chi connectivity index (χ2n) is 11.8. The number of nitrogens with zero attached hydrogens (tertiary/aromatic N) is 3. The Bertz CT molecular complexity index is 1970. The molecule has 3 atom stereocenters. The highest BCUT2D eigenvalue weighted by molar-refractivity contribution is 14.2. The van der Waals surface area contributed by atoms with E-state index in [1.165, 1.54) is 30.5 Å². The molecule has 3 unspecified atom stereocenters. The minimum Gasteiger partial charge on any atom is -0.454 e. The topological polar surface area (TPSA) is 131 Å². The van der Waals surface area contributed by atoms with Crippen molar-refractivity contribution in [2.75, 3.05) is 13.2 Å². The lowest BCUT2D eigenvalue weighted by molar-refractivity contribution is -0.117. The summed E-state index contributed by atoms with van der Waals surface area (Å²) in [6.45, 7) is 3.18. The molecule has 0 fully saturated rings. The molecule has 0 radical (unpaired) electrons. The maximum Gasteiger partial charge on any atom is 0.168 e. The molecule has 258 valence electrons. The van der Waals surface area contributed by atoms with E-state index < -0.39 is 36.0 Å². The molecular formula is C35H36BrF2IN5O4P. The normalized spacial score (nSPS) is 14.0. The van der Waals surface area contributed by atoms with Crippen LogP contribution in [-0.4, -0.2) is 56.1 Å². The van der Waals surface area contributed by atoms with Crippen molar-refractivity contribution in [3.8, 4) is 22.8 Å². The molecule has 2 heterocycles. The van der Waals surface area contributed by atoms with Gasteiger partial charge < -0.3 is 30.4 Å². The molecule has 3 aromatic carbocycles. The van der Waals surface area contributed by atoms with Crippen molar-refractivity contribution in [3.05, 3.63) is 112 Å². The number of aromatic nitrogens is 3. The predicted molar refractivity (Wildman–Crippen MR) is 203 cm³/mol. The summed E-state index contributed by atoms with van der Waals surface area (Å²) < 4.78 is 50.5. The number of rotatable bonds is 15. The molecule has 2 aromatic heterocycles. The van der Waals surface area contributed by atoms with Gasteiger partial charge in [0, 0.05) is 64.2 Å². The van der Waals surface area contributed by atoms with Crippen molar-refractivity contribution < 1.29 is 28.5 Å². The second kappa shape index (κ2) is 16.7. The van der Waals surface area contributed by atoms with Crippen molar-refractivity contribution in [3.63, 3.8) is 0 Å². The number of fused-ring (bicyclic) bond motifs is 1. The monoisotopic (exact) mass is 865 g/mol. The maximum atomic E-state index is 15.7. The fraction of sp³-hybridized carbons (Fsp3) is 0.257. The number of H-pyrrole nitrogens is 1. The lowest BCUT2D eigenvalue weighted by Crippen LogP contribution is -2.41. The Labute approximate surface area is 306 Å². The van der Waals surface area contributed by atoms with E-state index >= 15 is 8.78 Å². The number of benzene rings is 3. The van der Waals surface area contributed by atoms with Crippen LogP contribution in [0.25, 0.3) is 22.2 Å². The number of halogens is 4. The van der Waals surface area contributed by atoms with Crippen LogP contribution >= 0.6 is 44.3 Å². The average Bonchev–Trinajstić information content (AvgIpc) is 3.76. The van der Waals surface area contributed by atoms with Gasteiger partial charge in [0.05, 0.1) is 30.3 Å². The van der Waals surface area contributed by atoms with Crippen LogP contribution in [0.2, 0.25) is 0 Å². The molecule has 0 saturated carbocycles. The Balaban J connectivity index is 1.52. The Hall–Kier alpha value is -3.20. The molecule has 5 aromatic rings. The third kappa shape index (κ3) is 8.76. The number of aromatic amines is 1. The summed E-state index contributed by atoms with van der Waals surface area (Å²) in [4.78, 5) is 3.05. The molecule has 0 bridgehead atoms. The van der Waals surface area contributed by atoms with Crippen LogP contribution in [0.15, 0.2) is 94.1 Å². The second-order valence-corrected chi connectivity index (χ2v) is 14.6. The van der Waals surface area contributed by atoms with Gasteiger partial charge in [-0.15, -0.1) is 0 Å². The largest absolute Gasteiger partial charge is 0.454 e. The fourth-order valence-corrected chi connectivity index (χ4v) is 6.57. The van der Waals surface area contributed by atoms with Gasteiger partial charge in [-0.1, -0.05) is 28.1 Å². The van der Waals surface area contributed by atoms with Gasteiger partial charge in [-0.25, -0.2) is 8.78 Å². The highest BCUT2D eigenvalue weighted by Crippen LogP contribution is 2.38. The molecule has 0 spiro atoms. The van der Waals surface area contributed by atoms with E-state index in [0.717, 1.165) is 15.4 Å². The molecule has 0 aliphatic heterocycles. The molecule has 14 heteroatoms. The van der Waals surface area contributed by atoms with Crippen molar-refractivity contribution in [2.45, 2.75) is 44.4 Å². The van der Waals surface area contributed by atoms with Gasteiger partial charge in [0.25, 0.3) is 0 Å². The van der Waals surface area contributed by atoms with Crippen LogP contribution in [-0.2, 0) is 11.2 Å². The zero-order chi connectivity index (χ0) is 35.1. The van der Waals surface area contributed by atoms with Gasteiger partial charge in [-0.05, 0) is 102 Å². The number of nitrogens with one attached hydrogen (secondary N) is 1. The number of allylic oxidation sites excluding steroid dienone is 1. The number of hydrogen-bond acceptors (Lipinski definition) is 7. The van der Waals surface area contributed by atoms with E-state index in [9.17, 15) is 10.2 Å². The summed E-state index contributed by atoms with van der Waals surface area (Å²) in [7, 11) is 0. The minimum atomic E-state index is -1.07. The summed E-state index contributed by atoms with van der Waals surface area (Å²) >= 11 is 5.70. The van der Waals surface area contributed by atoms with Crippen LogP contribution in [0.3, 0.4) is 0 Å². The third-order valence-corrected chi connectivity index (χ3v) is 9.77. The number of aliphatic hydroxyl groups is 2. The molecule has 0 saturated heterocycles. The Morgan fingerprint density at radius 2 is 2.00 bits per heavy atom. The average molecular weight is 866 g/mol. The minimum absolute atomic E-state index is 0.000296. The molecule has 0 aliphatic carbocycles. The van der Waals surface area contributed by atoms with Crippen LogP contribution in [0.4, 0.5) is 8.78 Å². The van der Waals surface area contributed by atoms with Gasteiger partial charge in [0.1, 0.15) is 17.7 Å². The van der Waals surface area contributed by atoms with E-state index in [0.29, 0.717) is 35.1 Å². The quantitative estimate of drug-likeness (QED) is 0.0476. The molecule has 49 heavy (non-hydrogen) atoms. The van der Waals surface area contributed by atoms with E-state index in [-0.39, 0.29) is 30.1 Å². The predicted octanol–water partition coefficient (Wildman–Crippen LogP) is 8.39. The zero-order valence-corrected chi connectivity index (χ0v) is 31.5. The van der Waals surface area contributed by atoms with E-state index in [1.54, 1.807) is 43.2 Å². The molecule has 5 N–H and O–H groups in total. The lowest BCUT2D eigenvalue weighted by Gasteiger charge is -2.30. The highest BCUT2D eigenvalue weighted by atomic mass is 127. The molecule has 0 amide bonds.